The van der Waals surface area contributed by atoms with Crippen LogP contribution in [-0.2, 0) is 32.0 Å². The number of aromatic nitrogens is 1. The SMILES string of the molecule is COCCCn1c(C)cc(C(=O)COC(=O)CCNC(=O)Cc2ccccc2)c1C. The third-order valence-corrected chi connectivity index (χ3v) is 4.83. The Kier molecular flexibility index (Phi) is 9.28. The van der Waals surface area contributed by atoms with Gasteiger partial charge in [-0.3, -0.25) is 14.4 Å². The maximum Gasteiger partial charge on any atom is 0.308 e. The van der Waals surface area contributed by atoms with E-state index in [1.54, 1.807) is 7.11 Å². The number of carbonyl (C=O) groups excluding carboxylic acids is 3. The minimum absolute atomic E-state index is 0.0177. The molecule has 0 saturated heterocycles. The molecule has 1 amide bonds. The van der Waals surface area contributed by atoms with Crippen LogP contribution in [0.15, 0.2) is 36.4 Å². The molecule has 2 rings (SSSR count). The van der Waals surface area contributed by atoms with Gasteiger partial charge >= 0.3 is 5.97 Å². The van der Waals surface area contributed by atoms with Crippen LogP contribution in [0.4, 0.5) is 0 Å². The molecule has 0 saturated carbocycles. The fourth-order valence-corrected chi connectivity index (χ4v) is 3.24. The Bertz CT molecular complexity index is 858. The van der Waals surface area contributed by atoms with Gasteiger partial charge < -0.3 is 19.4 Å². The van der Waals surface area contributed by atoms with E-state index in [1.807, 2.05) is 50.2 Å². The van der Waals surface area contributed by atoms with Gasteiger partial charge in [0.15, 0.2) is 6.61 Å². The Morgan fingerprint density at radius 1 is 1.10 bits per heavy atom. The van der Waals surface area contributed by atoms with Crippen LogP contribution in [0.2, 0.25) is 0 Å². The van der Waals surface area contributed by atoms with Crippen LogP contribution in [0.5, 0.6) is 0 Å². The van der Waals surface area contributed by atoms with Gasteiger partial charge in [-0.25, -0.2) is 0 Å². The summed E-state index contributed by atoms with van der Waals surface area (Å²) in [6.45, 7) is 5.12. The number of rotatable bonds is 12. The van der Waals surface area contributed by atoms with E-state index in [1.165, 1.54) is 0 Å². The van der Waals surface area contributed by atoms with Gasteiger partial charge in [0.2, 0.25) is 11.7 Å². The lowest BCUT2D eigenvalue weighted by Gasteiger charge is -2.09. The number of amides is 1. The van der Waals surface area contributed by atoms with Crippen LogP contribution in [0.3, 0.4) is 0 Å². The molecule has 0 unspecified atom stereocenters. The van der Waals surface area contributed by atoms with Gasteiger partial charge in [-0.05, 0) is 31.9 Å². The number of carbonyl (C=O) groups is 3. The average Bonchev–Trinajstić information content (AvgIpc) is 3.01. The molecule has 0 aliphatic rings. The summed E-state index contributed by atoms with van der Waals surface area (Å²) in [5, 5.41) is 2.69. The summed E-state index contributed by atoms with van der Waals surface area (Å²) in [5.41, 5.74) is 3.31. The summed E-state index contributed by atoms with van der Waals surface area (Å²) in [4.78, 5) is 36.3. The molecule has 0 aliphatic heterocycles. The fourth-order valence-electron chi connectivity index (χ4n) is 3.24. The first-order chi connectivity index (χ1) is 14.4. The molecule has 0 fully saturated rings. The summed E-state index contributed by atoms with van der Waals surface area (Å²) in [6, 6.07) is 11.2. The normalized spacial score (nSPS) is 10.6. The van der Waals surface area contributed by atoms with Crippen molar-refractivity contribution < 1.29 is 23.9 Å². The molecule has 0 bridgehead atoms. The third kappa shape index (κ3) is 7.15. The first kappa shape index (κ1) is 23.3. The van der Waals surface area contributed by atoms with Gasteiger partial charge in [-0.1, -0.05) is 30.3 Å². The highest BCUT2D eigenvalue weighted by Crippen LogP contribution is 2.16. The highest BCUT2D eigenvalue weighted by molar-refractivity contribution is 5.99. The van der Waals surface area contributed by atoms with Gasteiger partial charge in [0.25, 0.3) is 0 Å². The first-order valence-corrected chi connectivity index (χ1v) is 10.1. The number of hydrogen-bond donors (Lipinski definition) is 1. The number of nitrogens with zero attached hydrogens (tertiary/aromatic N) is 1. The second-order valence-corrected chi connectivity index (χ2v) is 7.13. The molecule has 0 aliphatic carbocycles. The molecule has 2 aromatic rings. The zero-order chi connectivity index (χ0) is 21.9. The fraction of sp³-hybridized carbons (Fsp3) is 0.435. The Balaban J connectivity index is 1.73. The van der Waals surface area contributed by atoms with Crippen molar-refractivity contribution in [1.82, 2.24) is 9.88 Å². The van der Waals surface area contributed by atoms with Crippen molar-refractivity contribution in [1.29, 1.82) is 0 Å². The average molecular weight is 415 g/mol. The molecular weight excluding hydrogens is 384 g/mol. The van der Waals surface area contributed by atoms with E-state index in [2.05, 4.69) is 9.88 Å². The van der Waals surface area contributed by atoms with Crippen LogP contribution in [0.25, 0.3) is 0 Å². The zero-order valence-electron chi connectivity index (χ0n) is 17.9. The quantitative estimate of drug-likeness (QED) is 0.328. The molecule has 162 valence electrons. The van der Waals surface area contributed by atoms with E-state index in [-0.39, 0.29) is 37.7 Å². The monoisotopic (exact) mass is 414 g/mol. The maximum absolute atomic E-state index is 12.5. The lowest BCUT2D eigenvalue weighted by Crippen LogP contribution is -2.28. The molecule has 1 N–H and O–H groups in total. The van der Waals surface area contributed by atoms with E-state index < -0.39 is 5.97 Å². The molecular formula is C23H30N2O5. The van der Waals surface area contributed by atoms with Crippen molar-refractivity contribution in [2.24, 2.45) is 0 Å². The number of esters is 1. The van der Waals surface area contributed by atoms with Gasteiger partial charge in [-0.15, -0.1) is 0 Å². The molecule has 1 heterocycles. The Morgan fingerprint density at radius 2 is 1.83 bits per heavy atom. The highest BCUT2D eigenvalue weighted by atomic mass is 16.5. The van der Waals surface area contributed by atoms with Crippen LogP contribution in [-0.4, -0.2) is 49.1 Å². The van der Waals surface area contributed by atoms with Crippen molar-refractivity contribution in [3.05, 3.63) is 58.9 Å². The number of hydrogen-bond acceptors (Lipinski definition) is 5. The summed E-state index contributed by atoms with van der Waals surface area (Å²) in [7, 11) is 1.66. The number of ether oxygens (including phenoxy) is 2. The standard InChI is InChI=1S/C23H30N2O5/c1-17-14-20(18(2)25(17)12-7-13-29-3)21(26)16-30-23(28)10-11-24-22(27)15-19-8-5-4-6-9-19/h4-6,8-9,14H,7,10-13,15-16H2,1-3H3,(H,24,27). The van der Waals surface area contributed by atoms with Gasteiger partial charge in [0.05, 0.1) is 12.8 Å². The highest BCUT2D eigenvalue weighted by Gasteiger charge is 2.17. The summed E-state index contributed by atoms with van der Waals surface area (Å²) in [5.74, 6) is -0.911. The largest absolute Gasteiger partial charge is 0.457 e. The third-order valence-electron chi connectivity index (χ3n) is 4.83. The van der Waals surface area contributed by atoms with Crippen molar-refractivity contribution in [3.8, 4) is 0 Å². The number of Topliss-reactive ketones (excluding diaryl/α,β-unsaturated/α-hetero) is 1. The second-order valence-electron chi connectivity index (χ2n) is 7.13. The van der Waals surface area contributed by atoms with Crippen LogP contribution in [0, 0.1) is 13.8 Å². The first-order valence-electron chi connectivity index (χ1n) is 10.1. The minimum Gasteiger partial charge on any atom is -0.457 e. The lowest BCUT2D eigenvalue weighted by atomic mass is 10.1. The number of nitrogens with one attached hydrogen (secondary N) is 1. The van der Waals surface area contributed by atoms with Gasteiger partial charge in [0, 0.05) is 43.8 Å². The maximum atomic E-state index is 12.5. The molecule has 7 nitrogen and oxygen atoms in total. The lowest BCUT2D eigenvalue weighted by molar-refractivity contribution is -0.142. The van der Waals surface area contributed by atoms with Crippen LogP contribution in [0.1, 0.15) is 40.2 Å². The van der Waals surface area contributed by atoms with Crippen LogP contribution < -0.4 is 5.32 Å². The van der Waals surface area contributed by atoms with E-state index >= 15 is 0 Å². The van der Waals surface area contributed by atoms with Gasteiger partial charge in [-0.2, -0.15) is 0 Å². The van der Waals surface area contributed by atoms with E-state index in [0.717, 1.165) is 29.9 Å². The molecule has 0 atom stereocenters. The number of methoxy groups -OCH3 is 1. The predicted molar refractivity (Wildman–Crippen MR) is 113 cm³/mol. The molecule has 1 aromatic heterocycles. The molecule has 0 radical (unpaired) electrons. The van der Waals surface area contributed by atoms with Crippen molar-refractivity contribution in [2.45, 2.75) is 39.7 Å². The Labute approximate surface area is 177 Å². The molecule has 7 heteroatoms. The van der Waals surface area contributed by atoms with E-state index in [9.17, 15) is 14.4 Å². The molecule has 1 aromatic carbocycles. The summed E-state index contributed by atoms with van der Waals surface area (Å²) in [6.07, 6.45) is 1.13. The van der Waals surface area contributed by atoms with Crippen LogP contribution >= 0.6 is 0 Å². The zero-order valence-corrected chi connectivity index (χ0v) is 17.9. The number of ketones is 1. The number of aryl methyl sites for hydroxylation is 1. The molecule has 0 spiro atoms. The number of benzene rings is 1. The molecule has 30 heavy (non-hydrogen) atoms. The topological polar surface area (TPSA) is 86.6 Å². The van der Waals surface area contributed by atoms with E-state index in [4.69, 9.17) is 9.47 Å². The Morgan fingerprint density at radius 3 is 2.53 bits per heavy atom. The van der Waals surface area contributed by atoms with Crippen molar-refractivity contribution in [3.63, 3.8) is 0 Å². The van der Waals surface area contributed by atoms with Crippen molar-refractivity contribution >= 4 is 17.7 Å². The second kappa shape index (κ2) is 11.9. The van der Waals surface area contributed by atoms with Crippen molar-refractivity contribution in [2.75, 3.05) is 26.9 Å². The smallest absolute Gasteiger partial charge is 0.308 e. The van der Waals surface area contributed by atoms with E-state index in [0.29, 0.717) is 12.2 Å². The minimum atomic E-state index is -0.516. The summed E-state index contributed by atoms with van der Waals surface area (Å²) >= 11 is 0. The van der Waals surface area contributed by atoms with Gasteiger partial charge in [0.1, 0.15) is 0 Å². The Hall–Kier alpha value is -2.93. The predicted octanol–water partition coefficient (Wildman–Crippen LogP) is 2.62. The summed E-state index contributed by atoms with van der Waals surface area (Å²) < 4.78 is 12.2.